The molecular formula is C8H9ClS2. The average Bonchev–Trinajstić information content (AvgIpc) is 2.05. The van der Waals surface area contributed by atoms with E-state index in [4.69, 9.17) is 11.6 Å². The van der Waals surface area contributed by atoms with E-state index in [2.05, 4.69) is 0 Å². The molecule has 0 aliphatic heterocycles. The van der Waals surface area contributed by atoms with E-state index in [1.165, 1.54) is 0 Å². The standard InChI is InChI=1S/C8H9ClS2/c1-10-6-4-3-5-7(11-2)8(6)9/h3-5H,1-2H3. The minimum atomic E-state index is 0.882. The van der Waals surface area contributed by atoms with Crippen LogP contribution in [0, 0.1) is 0 Å². The van der Waals surface area contributed by atoms with E-state index in [-0.39, 0.29) is 0 Å². The number of hydrogen-bond donors (Lipinski definition) is 0. The van der Waals surface area contributed by atoms with Gasteiger partial charge in [0, 0.05) is 9.79 Å². The van der Waals surface area contributed by atoms with E-state index < -0.39 is 0 Å². The van der Waals surface area contributed by atoms with Gasteiger partial charge >= 0.3 is 0 Å². The first-order chi connectivity index (χ1) is 5.29. The molecule has 0 aliphatic carbocycles. The molecule has 0 aromatic heterocycles. The van der Waals surface area contributed by atoms with Gasteiger partial charge in [-0.3, -0.25) is 0 Å². The van der Waals surface area contributed by atoms with E-state index in [0.717, 1.165) is 14.8 Å². The van der Waals surface area contributed by atoms with Crippen LogP contribution in [-0.2, 0) is 0 Å². The summed E-state index contributed by atoms with van der Waals surface area (Å²) in [6.45, 7) is 0. The summed E-state index contributed by atoms with van der Waals surface area (Å²) in [6.07, 6.45) is 4.07. The quantitative estimate of drug-likeness (QED) is 0.673. The van der Waals surface area contributed by atoms with Crippen LogP contribution < -0.4 is 0 Å². The highest BCUT2D eigenvalue weighted by Gasteiger charge is 2.02. The molecule has 3 heteroatoms. The van der Waals surface area contributed by atoms with Crippen molar-refractivity contribution < 1.29 is 0 Å². The zero-order valence-electron chi connectivity index (χ0n) is 6.43. The Balaban J connectivity index is 3.10. The summed E-state index contributed by atoms with van der Waals surface area (Å²) in [5.74, 6) is 0. The molecule has 0 atom stereocenters. The van der Waals surface area contributed by atoms with Gasteiger partial charge < -0.3 is 0 Å². The molecule has 0 aliphatic rings. The Hall–Kier alpha value is 0.210. The summed E-state index contributed by atoms with van der Waals surface area (Å²) in [5.41, 5.74) is 0. The predicted molar refractivity (Wildman–Crippen MR) is 55.0 cm³/mol. The minimum absolute atomic E-state index is 0.882. The van der Waals surface area contributed by atoms with Crippen molar-refractivity contribution in [3.8, 4) is 0 Å². The van der Waals surface area contributed by atoms with E-state index in [9.17, 15) is 0 Å². The van der Waals surface area contributed by atoms with Gasteiger partial charge in [-0.1, -0.05) is 17.7 Å². The maximum Gasteiger partial charge on any atom is 0.0677 e. The minimum Gasteiger partial charge on any atom is -0.128 e. The van der Waals surface area contributed by atoms with Crippen molar-refractivity contribution in [1.82, 2.24) is 0 Å². The second-order valence-electron chi connectivity index (χ2n) is 1.98. The van der Waals surface area contributed by atoms with Gasteiger partial charge in [-0.2, -0.15) is 0 Å². The number of halogens is 1. The summed E-state index contributed by atoms with van der Waals surface area (Å²) in [4.78, 5) is 2.30. The Bertz CT molecular complexity index is 226. The molecule has 0 bridgehead atoms. The highest BCUT2D eigenvalue weighted by atomic mass is 35.5. The fourth-order valence-electron chi connectivity index (χ4n) is 0.806. The first kappa shape index (κ1) is 9.30. The molecule has 0 radical (unpaired) electrons. The summed E-state index contributed by atoms with van der Waals surface area (Å²) < 4.78 is 0. The zero-order valence-corrected chi connectivity index (χ0v) is 8.82. The molecule has 11 heavy (non-hydrogen) atoms. The lowest BCUT2D eigenvalue weighted by Gasteiger charge is -2.03. The van der Waals surface area contributed by atoms with Crippen molar-refractivity contribution in [2.45, 2.75) is 9.79 Å². The van der Waals surface area contributed by atoms with Gasteiger partial charge in [-0.25, -0.2) is 0 Å². The van der Waals surface area contributed by atoms with Crippen molar-refractivity contribution in [1.29, 1.82) is 0 Å². The molecule has 1 aromatic carbocycles. The molecule has 0 fully saturated rings. The normalized spacial score (nSPS) is 10.1. The molecule has 60 valence electrons. The molecule has 0 spiro atoms. The molecule has 0 N–H and O–H groups in total. The SMILES string of the molecule is CSc1cccc(SC)c1Cl. The van der Waals surface area contributed by atoms with Crippen LogP contribution in [0.25, 0.3) is 0 Å². The van der Waals surface area contributed by atoms with Gasteiger partial charge in [-0.15, -0.1) is 23.5 Å². The Morgan fingerprint density at radius 1 is 1.09 bits per heavy atom. The summed E-state index contributed by atoms with van der Waals surface area (Å²) in [6, 6.07) is 6.10. The first-order valence-corrected chi connectivity index (χ1v) is 5.99. The van der Waals surface area contributed by atoms with Crippen molar-refractivity contribution in [3.63, 3.8) is 0 Å². The topological polar surface area (TPSA) is 0 Å². The van der Waals surface area contributed by atoms with E-state index in [1.807, 2.05) is 30.7 Å². The monoisotopic (exact) mass is 204 g/mol. The van der Waals surface area contributed by atoms with Crippen molar-refractivity contribution in [2.24, 2.45) is 0 Å². The van der Waals surface area contributed by atoms with Gasteiger partial charge in [0.25, 0.3) is 0 Å². The third-order valence-corrected chi connectivity index (χ3v) is 3.56. The molecule has 1 aromatic rings. The van der Waals surface area contributed by atoms with Crippen LogP contribution >= 0.6 is 35.1 Å². The van der Waals surface area contributed by atoms with Crippen LogP contribution in [0.15, 0.2) is 28.0 Å². The van der Waals surface area contributed by atoms with Crippen LogP contribution in [-0.4, -0.2) is 12.5 Å². The van der Waals surface area contributed by atoms with Crippen molar-refractivity contribution in [3.05, 3.63) is 23.2 Å². The Morgan fingerprint density at radius 2 is 1.55 bits per heavy atom. The number of rotatable bonds is 2. The van der Waals surface area contributed by atoms with Crippen LogP contribution in [0.3, 0.4) is 0 Å². The summed E-state index contributed by atoms with van der Waals surface area (Å²) in [5, 5.41) is 0.882. The van der Waals surface area contributed by atoms with Gasteiger partial charge in [0.15, 0.2) is 0 Å². The first-order valence-electron chi connectivity index (χ1n) is 3.16. The van der Waals surface area contributed by atoms with Gasteiger partial charge in [0.2, 0.25) is 0 Å². The fourth-order valence-corrected chi connectivity index (χ4v) is 2.47. The summed E-state index contributed by atoms with van der Waals surface area (Å²) in [7, 11) is 0. The lowest BCUT2D eigenvalue weighted by Crippen LogP contribution is -1.76. The fraction of sp³-hybridized carbons (Fsp3) is 0.250. The Labute approximate surface area is 80.7 Å². The molecule has 0 nitrogen and oxygen atoms in total. The third-order valence-electron chi connectivity index (χ3n) is 1.37. The second kappa shape index (κ2) is 4.29. The van der Waals surface area contributed by atoms with E-state index in [1.54, 1.807) is 23.5 Å². The smallest absolute Gasteiger partial charge is 0.0677 e. The van der Waals surface area contributed by atoms with Crippen LogP contribution in [0.4, 0.5) is 0 Å². The predicted octanol–water partition coefficient (Wildman–Crippen LogP) is 3.78. The Kier molecular flexibility index (Phi) is 3.63. The second-order valence-corrected chi connectivity index (χ2v) is 4.05. The van der Waals surface area contributed by atoms with Gasteiger partial charge in [-0.05, 0) is 24.6 Å². The molecular weight excluding hydrogens is 196 g/mol. The summed E-state index contributed by atoms with van der Waals surface area (Å²) >= 11 is 9.43. The maximum absolute atomic E-state index is 6.07. The lowest BCUT2D eigenvalue weighted by atomic mass is 10.4. The maximum atomic E-state index is 6.07. The molecule has 0 saturated heterocycles. The van der Waals surface area contributed by atoms with Crippen LogP contribution in [0.2, 0.25) is 5.02 Å². The molecule has 1 rings (SSSR count). The van der Waals surface area contributed by atoms with Crippen molar-refractivity contribution >= 4 is 35.1 Å². The number of hydrogen-bond acceptors (Lipinski definition) is 2. The largest absolute Gasteiger partial charge is 0.128 e. The van der Waals surface area contributed by atoms with Crippen LogP contribution in [0.1, 0.15) is 0 Å². The molecule has 0 heterocycles. The molecule has 0 unspecified atom stereocenters. The Morgan fingerprint density at radius 3 is 1.91 bits per heavy atom. The van der Waals surface area contributed by atoms with Gasteiger partial charge in [0.1, 0.15) is 0 Å². The lowest BCUT2D eigenvalue weighted by molar-refractivity contribution is 1.34. The van der Waals surface area contributed by atoms with Crippen molar-refractivity contribution in [2.75, 3.05) is 12.5 Å². The highest BCUT2D eigenvalue weighted by molar-refractivity contribution is 7.99. The number of benzene rings is 1. The highest BCUT2D eigenvalue weighted by Crippen LogP contribution is 2.33. The molecule has 0 amide bonds. The molecule has 0 saturated carbocycles. The van der Waals surface area contributed by atoms with E-state index in [0.29, 0.717) is 0 Å². The third kappa shape index (κ3) is 2.08. The average molecular weight is 205 g/mol. The van der Waals surface area contributed by atoms with Crippen LogP contribution in [0.5, 0.6) is 0 Å². The number of thioether (sulfide) groups is 2. The zero-order chi connectivity index (χ0) is 8.27. The van der Waals surface area contributed by atoms with E-state index >= 15 is 0 Å². The van der Waals surface area contributed by atoms with Gasteiger partial charge in [0.05, 0.1) is 5.02 Å².